The molecule has 2 N–H and O–H groups in total. The molecule has 0 bridgehead atoms. The molecule has 98 valence electrons. The lowest BCUT2D eigenvalue weighted by Gasteiger charge is -2.10. The number of nitroso groups, excluding NO2 is 1. The molecule has 0 spiro atoms. The van der Waals surface area contributed by atoms with Crippen LogP contribution in [0.3, 0.4) is 0 Å². The van der Waals surface area contributed by atoms with Crippen LogP contribution in [0.1, 0.15) is 26.7 Å². The lowest BCUT2D eigenvalue weighted by Crippen LogP contribution is -2.41. The molecule has 1 atom stereocenters. The highest BCUT2D eigenvalue weighted by Crippen LogP contribution is 1.92. The topological polar surface area (TPSA) is 113 Å². The summed E-state index contributed by atoms with van der Waals surface area (Å²) in [5, 5.41) is 12.9. The van der Waals surface area contributed by atoms with Crippen LogP contribution in [0, 0.1) is 4.91 Å². The quantitative estimate of drug-likeness (QED) is 0.496. The second-order valence-electron chi connectivity index (χ2n) is 3.00. The van der Waals surface area contributed by atoms with Crippen molar-refractivity contribution in [2.45, 2.75) is 32.7 Å². The molecular formula is C9H16N2O5S. The van der Waals surface area contributed by atoms with Crippen molar-refractivity contribution >= 4 is 30.4 Å². The van der Waals surface area contributed by atoms with Gasteiger partial charge in [-0.25, -0.2) is 4.79 Å². The summed E-state index contributed by atoms with van der Waals surface area (Å²) in [6, 6.07) is -0.868. The first-order valence-electron chi connectivity index (χ1n) is 4.85. The van der Waals surface area contributed by atoms with E-state index in [2.05, 4.69) is 17.9 Å². The third-order valence-electron chi connectivity index (χ3n) is 1.42. The average molecular weight is 264 g/mol. The van der Waals surface area contributed by atoms with Crippen LogP contribution in [0.25, 0.3) is 0 Å². The van der Waals surface area contributed by atoms with Gasteiger partial charge in [0.2, 0.25) is 5.91 Å². The van der Waals surface area contributed by atoms with Gasteiger partial charge in [0, 0.05) is 24.3 Å². The number of aliphatic carboxylic acids is 1. The first-order chi connectivity index (χ1) is 7.88. The zero-order chi connectivity index (χ0) is 13.8. The lowest BCUT2D eigenvalue weighted by molar-refractivity contribution is -0.141. The van der Waals surface area contributed by atoms with Crippen molar-refractivity contribution in [1.82, 2.24) is 5.32 Å². The van der Waals surface area contributed by atoms with E-state index in [1.807, 2.05) is 12.1 Å². The molecule has 0 rings (SSSR count). The van der Waals surface area contributed by atoms with Gasteiger partial charge in [-0.3, -0.25) is 9.59 Å². The van der Waals surface area contributed by atoms with Gasteiger partial charge in [0.1, 0.15) is 6.04 Å². The molecule has 17 heavy (non-hydrogen) atoms. The minimum atomic E-state index is -1.05. The fourth-order valence-corrected chi connectivity index (χ4v) is 0.927. The van der Waals surface area contributed by atoms with E-state index in [1.54, 1.807) is 0 Å². The highest BCUT2D eigenvalue weighted by Gasteiger charge is 2.16. The second kappa shape index (κ2) is 11.1. The molecule has 0 aliphatic rings. The number of nitrogens with one attached hydrogen (secondary N) is 1. The second-order valence-corrected chi connectivity index (χ2v) is 3.37. The number of carboxylic acid groups (broad SMARTS) is 1. The molecule has 0 saturated carbocycles. The highest BCUT2D eigenvalue weighted by atomic mass is 32.1. The van der Waals surface area contributed by atoms with E-state index >= 15 is 0 Å². The number of hydrogen-bond donors (Lipinski definition) is 3. The van der Waals surface area contributed by atoms with Crippen LogP contribution in [0.5, 0.6) is 0 Å². The summed E-state index contributed by atoms with van der Waals surface area (Å²) >= 11 is 3.80. The monoisotopic (exact) mass is 264 g/mol. The van der Waals surface area contributed by atoms with E-state index < -0.39 is 17.9 Å². The number of amides is 2. The zero-order valence-electron chi connectivity index (χ0n) is 9.67. The standard InChI is InChI=1S/C7H13NO3S.C2H3NO2/c1-2-3-6(9)8-5(4-12)7(10)11;1-2(4)3-5/h5,12H,2-4H2,1H3,(H,8,9)(H,10,11);1H3. The van der Waals surface area contributed by atoms with Crippen LogP contribution in [0.15, 0.2) is 5.18 Å². The van der Waals surface area contributed by atoms with Gasteiger partial charge in [0.15, 0.2) is 0 Å². The van der Waals surface area contributed by atoms with Gasteiger partial charge in [-0.2, -0.15) is 12.6 Å². The first-order valence-corrected chi connectivity index (χ1v) is 5.49. The van der Waals surface area contributed by atoms with Crippen molar-refractivity contribution < 1.29 is 19.5 Å². The Kier molecular flexibility index (Phi) is 11.7. The van der Waals surface area contributed by atoms with Crippen molar-refractivity contribution in [3.8, 4) is 0 Å². The van der Waals surface area contributed by atoms with E-state index in [0.29, 0.717) is 12.8 Å². The Morgan fingerprint density at radius 1 is 1.41 bits per heavy atom. The van der Waals surface area contributed by atoms with Crippen LogP contribution < -0.4 is 5.32 Å². The Balaban J connectivity index is 0. The van der Waals surface area contributed by atoms with Gasteiger partial charge >= 0.3 is 5.97 Å². The number of rotatable bonds is 5. The van der Waals surface area contributed by atoms with E-state index in [9.17, 15) is 14.4 Å². The third kappa shape index (κ3) is 12.5. The largest absolute Gasteiger partial charge is 0.480 e. The van der Waals surface area contributed by atoms with Gasteiger partial charge < -0.3 is 10.4 Å². The van der Waals surface area contributed by atoms with Gasteiger partial charge in [0.25, 0.3) is 5.91 Å². The maximum atomic E-state index is 10.9. The molecule has 0 aliphatic carbocycles. The minimum Gasteiger partial charge on any atom is -0.480 e. The molecule has 0 aromatic carbocycles. The molecule has 1 unspecified atom stereocenters. The Morgan fingerprint density at radius 3 is 2.12 bits per heavy atom. The molecule has 0 heterocycles. The smallest absolute Gasteiger partial charge is 0.327 e. The van der Waals surface area contributed by atoms with E-state index in [1.165, 1.54) is 0 Å². The van der Waals surface area contributed by atoms with Crippen molar-refractivity contribution in [2.24, 2.45) is 5.18 Å². The summed E-state index contributed by atoms with van der Waals surface area (Å²) in [6.45, 7) is 2.96. The molecule has 2 amide bonds. The molecule has 0 aromatic rings. The Bertz CT molecular complexity index is 283. The summed E-state index contributed by atoms with van der Waals surface area (Å²) in [5.74, 6) is -1.84. The predicted molar refractivity (Wildman–Crippen MR) is 64.8 cm³/mol. The van der Waals surface area contributed by atoms with Crippen molar-refractivity contribution in [3.05, 3.63) is 4.91 Å². The average Bonchev–Trinajstić information content (AvgIpc) is 2.26. The Hall–Kier alpha value is -1.44. The molecule has 0 aromatic heterocycles. The first kappa shape index (κ1) is 17.9. The summed E-state index contributed by atoms with van der Waals surface area (Å²) < 4.78 is 0. The van der Waals surface area contributed by atoms with Gasteiger partial charge in [-0.1, -0.05) is 6.92 Å². The number of nitrogens with zero attached hydrogens (tertiary/aromatic N) is 1. The Morgan fingerprint density at radius 2 is 1.88 bits per heavy atom. The predicted octanol–water partition coefficient (Wildman–Crippen LogP) is 0.585. The fourth-order valence-electron chi connectivity index (χ4n) is 0.679. The third-order valence-corrected chi connectivity index (χ3v) is 1.79. The summed E-state index contributed by atoms with van der Waals surface area (Å²) in [6.07, 6.45) is 1.07. The van der Waals surface area contributed by atoms with Crippen molar-refractivity contribution in [3.63, 3.8) is 0 Å². The number of thiol groups is 1. The molecular weight excluding hydrogens is 248 g/mol. The zero-order valence-corrected chi connectivity index (χ0v) is 10.6. The maximum Gasteiger partial charge on any atom is 0.327 e. The number of carbonyl (C=O) groups is 3. The van der Waals surface area contributed by atoms with Crippen molar-refractivity contribution in [1.29, 1.82) is 0 Å². The normalized spacial score (nSPS) is 10.5. The molecule has 0 aliphatic heterocycles. The lowest BCUT2D eigenvalue weighted by atomic mass is 10.3. The summed E-state index contributed by atoms with van der Waals surface area (Å²) in [5.41, 5.74) is 0. The summed E-state index contributed by atoms with van der Waals surface area (Å²) in [7, 11) is 0. The number of hydrogen-bond acceptors (Lipinski definition) is 5. The van der Waals surface area contributed by atoms with Crippen LogP contribution in [0.2, 0.25) is 0 Å². The van der Waals surface area contributed by atoms with Crippen molar-refractivity contribution in [2.75, 3.05) is 5.75 Å². The van der Waals surface area contributed by atoms with Crippen LogP contribution in [0.4, 0.5) is 0 Å². The van der Waals surface area contributed by atoms with Gasteiger partial charge in [0.05, 0.1) is 0 Å². The maximum absolute atomic E-state index is 10.9. The van der Waals surface area contributed by atoms with Crippen LogP contribution in [-0.2, 0) is 14.4 Å². The summed E-state index contributed by atoms with van der Waals surface area (Å²) in [4.78, 5) is 39.6. The Labute approximate surface area is 104 Å². The molecule has 0 fully saturated rings. The highest BCUT2D eigenvalue weighted by molar-refractivity contribution is 7.80. The number of carbonyl (C=O) groups excluding carboxylic acids is 2. The minimum absolute atomic E-state index is 0.116. The van der Waals surface area contributed by atoms with Gasteiger partial charge in [-0.15, -0.1) is 4.91 Å². The molecule has 8 heteroatoms. The fraction of sp³-hybridized carbons (Fsp3) is 0.667. The van der Waals surface area contributed by atoms with Crippen LogP contribution in [-0.4, -0.2) is 34.7 Å². The number of carboxylic acids is 1. The SMILES string of the molecule is CC(=O)N=O.CCCC(=O)NC(CS)C(=O)O. The molecule has 7 nitrogen and oxygen atoms in total. The molecule has 0 radical (unpaired) electrons. The van der Waals surface area contributed by atoms with E-state index in [4.69, 9.17) is 10.0 Å². The van der Waals surface area contributed by atoms with Crippen LogP contribution >= 0.6 is 12.6 Å². The van der Waals surface area contributed by atoms with E-state index in [-0.39, 0.29) is 11.7 Å². The van der Waals surface area contributed by atoms with E-state index in [0.717, 1.165) is 6.92 Å². The molecule has 0 saturated heterocycles. The van der Waals surface area contributed by atoms with Gasteiger partial charge in [-0.05, 0) is 6.42 Å².